The molecule has 0 radical (unpaired) electrons. The number of phosphoric acid groups is 1. The fraction of sp³-hybridized carbons (Fsp3) is 0.971. The molecule has 0 amide bonds. The Labute approximate surface area is 272 Å². The van der Waals surface area contributed by atoms with E-state index in [0.29, 0.717) is 24.1 Å². The summed E-state index contributed by atoms with van der Waals surface area (Å²) < 4.78 is 34.2. The van der Waals surface area contributed by atoms with Gasteiger partial charge in [0.25, 0.3) is 7.82 Å². The minimum atomic E-state index is -4.50. The van der Waals surface area contributed by atoms with Gasteiger partial charge in [0.1, 0.15) is 19.3 Å². The molecule has 0 aliphatic carbocycles. The molecule has 2 atom stereocenters. The number of unbranched alkanes of at least 4 members (excludes halogenated alkanes) is 20. The number of esters is 1. The molecule has 0 saturated heterocycles. The smallest absolute Gasteiger partial charge is 0.306 e. The van der Waals surface area contributed by atoms with Crippen molar-refractivity contribution in [2.24, 2.45) is 0 Å². The number of carbonyl (C=O) groups excluding carboxylic acids is 1. The van der Waals surface area contributed by atoms with E-state index in [9.17, 15) is 14.3 Å². The molecule has 0 aromatic carbocycles. The summed E-state index contributed by atoms with van der Waals surface area (Å²) in [6.45, 7) is 5.38. The fourth-order valence-corrected chi connectivity index (χ4v) is 5.74. The maximum absolute atomic E-state index is 12.5. The highest BCUT2D eigenvalue weighted by molar-refractivity contribution is 7.45. The van der Waals surface area contributed by atoms with Gasteiger partial charge in [0.2, 0.25) is 0 Å². The van der Waals surface area contributed by atoms with Gasteiger partial charge in [0.15, 0.2) is 0 Å². The molecular weight excluding hydrogens is 577 g/mol. The van der Waals surface area contributed by atoms with Crippen LogP contribution in [0, 0.1) is 0 Å². The molecule has 264 valence electrons. The first-order chi connectivity index (χ1) is 21.1. The number of likely N-dealkylation sites (N-methyl/N-ethyl adjacent to an activating group) is 1. The molecule has 0 heterocycles. The van der Waals surface area contributed by atoms with Gasteiger partial charge < -0.3 is 27.9 Å². The molecule has 0 aromatic rings. The maximum atomic E-state index is 12.5. The first-order valence-electron chi connectivity index (χ1n) is 18.3. The van der Waals surface area contributed by atoms with Crippen LogP contribution in [0.15, 0.2) is 0 Å². The third kappa shape index (κ3) is 32.9. The number of ether oxygens (including phenoxy) is 2. The van der Waals surface area contributed by atoms with Gasteiger partial charge in [-0.2, -0.15) is 0 Å². The molecule has 0 aliphatic heterocycles. The van der Waals surface area contributed by atoms with Crippen LogP contribution in [0.25, 0.3) is 0 Å². The summed E-state index contributed by atoms with van der Waals surface area (Å²) >= 11 is 0. The number of hydrogen-bond donors (Lipinski definition) is 0. The standard InChI is InChI=1S/C35H72NO7P/c1-6-8-10-12-14-15-16-17-18-19-20-21-22-23-24-26-28-35(37)43-34(32-40-30-27-25-13-11-9-7-2)33-42-44(38,39)41-31-29-36(3,4)5/h34H,6-33H2,1-5H3. The van der Waals surface area contributed by atoms with E-state index in [1.807, 2.05) is 21.1 Å². The van der Waals surface area contributed by atoms with Crippen molar-refractivity contribution in [1.29, 1.82) is 0 Å². The van der Waals surface area contributed by atoms with Crippen LogP contribution >= 0.6 is 7.82 Å². The van der Waals surface area contributed by atoms with Crippen molar-refractivity contribution in [2.75, 3.05) is 54.1 Å². The Kier molecular flexibility index (Phi) is 29.5. The van der Waals surface area contributed by atoms with Crippen LogP contribution in [0.5, 0.6) is 0 Å². The average Bonchev–Trinajstić information content (AvgIpc) is 2.96. The molecule has 8 nitrogen and oxygen atoms in total. The van der Waals surface area contributed by atoms with Crippen LogP contribution in [0.4, 0.5) is 0 Å². The summed E-state index contributed by atoms with van der Waals surface area (Å²) in [4.78, 5) is 24.8. The van der Waals surface area contributed by atoms with Crippen molar-refractivity contribution in [2.45, 2.75) is 168 Å². The van der Waals surface area contributed by atoms with E-state index in [1.165, 1.54) is 109 Å². The monoisotopic (exact) mass is 650 g/mol. The van der Waals surface area contributed by atoms with Crippen LogP contribution in [0.1, 0.15) is 162 Å². The fourth-order valence-electron chi connectivity index (χ4n) is 5.02. The molecule has 2 unspecified atom stereocenters. The lowest BCUT2D eigenvalue weighted by Crippen LogP contribution is -2.37. The van der Waals surface area contributed by atoms with Gasteiger partial charge in [-0.05, 0) is 12.8 Å². The Balaban J connectivity index is 4.16. The van der Waals surface area contributed by atoms with Gasteiger partial charge in [-0.25, -0.2) is 0 Å². The molecule has 0 aromatic heterocycles. The number of nitrogens with zero attached hydrogens (tertiary/aromatic N) is 1. The Morgan fingerprint density at radius 2 is 1.05 bits per heavy atom. The second kappa shape index (κ2) is 29.9. The second-order valence-electron chi connectivity index (χ2n) is 13.6. The zero-order valence-electron chi connectivity index (χ0n) is 29.6. The summed E-state index contributed by atoms with van der Waals surface area (Å²) in [5.41, 5.74) is 0. The molecule has 0 bridgehead atoms. The summed E-state index contributed by atoms with van der Waals surface area (Å²) in [6.07, 6.45) is 26.9. The van der Waals surface area contributed by atoms with Gasteiger partial charge in [0.05, 0.1) is 34.4 Å². The van der Waals surface area contributed by atoms with E-state index in [4.69, 9.17) is 18.5 Å². The lowest BCUT2D eigenvalue weighted by Gasteiger charge is -2.28. The van der Waals surface area contributed by atoms with Crippen LogP contribution in [-0.2, 0) is 27.9 Å². The zero-order valence-corrected chi connectivity index (χ0v) is 30.5. The summed E-state index contributed by atoms with van der Waals surface area (Å²) in [5, 5.41) is 0. The molecule has 0 rings (SSSR count). The number of carbonyl (C=O) groups is 1. The molecule has 0 saturated carbocycles. The SMILES string of the molecule is CCCCCCCCCCCCCCCCCCC(=O)OC(COCCCCCCCC)COP(=O)([O-])OCC[N+](C)(C)C. The van der Waals surface area contributed by atoms with E-state index >= 15 is 0 Å². The second-order valence-corrected chi connectivity index (χ2v) is 15.0. The molecule has 9 heteroatoms. The molecule has 0 aliphatic rings. The van der Waals surface area contributed by atoms with Gasteiger partial charge in [-0.3, -0.25) is 9.36 Å². The summed E-state index contributed by atoms with van der Waals surface area (Å²) in [5.74, 6) is -0.334. The summed E-state index contributed by atoms with van der Waals surface area (Å²) in [7, 11) is 1.36. The Hall–Kier alpha value is -0.500. The number of phosphoric ester groups is 1. The van der Waals surface area contributed by atoms with Crippen LogP contribution in [0.2, 0.25) is 0 Å². The predicted molar refractivity (Wildman–Crippen MR) is 181 cm³/mol. The first-order valence-corrected chi connectivity index (χ1v) is 19.7. The third-order valence-corrected chi connectivity index (χ3v) is 8.87. The van der Waals surface area contributed by atoms with Crippen LogP contribution in [-0.4, -0.2) is 70.7 Å². The Bertz CT molecular complexity index is 686. The Morgan fingerprint density at radius 3 is 1.50 bits per heavy atom. The van der Waals surface area contributed by atoms with Crippen molar-refractivity contribution in [1.82, 2.24) is 0 Å². The van der Waals surface area contributed by atoms with E-state index in [0.717, 1.165) is 32.1 Å². The number of quaternary nitrogens is 1. The minimum Gasteiger partial charge on any atom is -0.756 e. The third-order valence-electron chi connectivity index (χ3n) is 7.91. The topological polar surface area (TPSA) is 94.1 Å². The van der Waals surface area contributed by atoms with E-state index in [2.05, 4.69) is 13.8 Å². The van der Waals surface area contributed by atoms with Crippen molar-refractivity contribution in [3.8, 4) is 0 Å². The maximum Gasteiger partial charge on any atom is 0.306 e. The van der Waals surface area contributed by atoms with Gasteiger partial charge >= 0.3 is 5.97 Å². The first kappa shape index (κ1) is 43.5. The van der Waals surface area contributed by atoms with E-state index in [1.54, 1.807) is 0 Å². The van der Waals surface area contributed by atoms with E-state index in [-0.39, 0.29) is 25.8 Å². The normalized spacial score (nSPS) is 14.0. The molecular formula is C35H72NO7P. The minimum absolute atomic E-state index is 0.0303. The highest BCUT2D eigenvalue weighted by Gasteiger charge is 2.20. The molecule has 0 spiro atoms. The lowest BCUT2D eigenvalue weighted by atomic mass is 10.0. The molecule has 44 heavy (non-hydrogen) atoms. The molecule has 0 fully saturated rings. The van der Waals surface area contributed by atoms with Crippen LogP contribution < -0.4 is 4.89 Å². The highest BCUT2D eigenvalue weighted by atomic mass is 31.2. The molecule has 0 N–H and O–H groups in total. The highest BCUT2D eigenvalue weighted by Crippen LogP contribution is 2.38. The van der Waals surface area contributed by atoms with Gasteiger partial charge in [-0.1, -0.05) is 142 Å². The van der Waals surface area contributed by atoms with Crippen LogP contribution in [0.3, 0.4) is 0 Å². The van der Waals surface area contributed by atoms with Crippen molar-refractivity contribution in [3.63, 3.8) is 0 Å². The quantitative estimate of drug-likeness (QED) is 0.0297. The lowest BCUT2D eigenvalue weighted by molar-refractivity contribution is -0.870. The van der Waals surface area contributed by atoms with Crippen molar-refractivity contribution < 1.29 is 37.3 Å². The zero-order chi connectivity index (χ0) is 32.8. The number of rotatable bonds is 34. The van der Waals surface area contributed by atoms with Gasteiger partial charge in [-0.15, -0.1) is 0 Å². The predicted octanol–water partition coefficient (Wildman–Crippen LogP) is 9.13. The summed E-state index contributed by atoms with van der Waals surface area (Å²) in [6, 6.07) is 0. The number of hydrogen-bond acceptors (Lipinski definition) is 7. The van der Waals surface area contributed by atoms with E-state index < -0.39 is 13.9 Å². The Morgan fingerprint density at radius 1 is 0.614 bits per heavy atom. The largest absolute Gasteiger partial charge is 0.756 e. The van der Waals surface area contributed by atoms with Gasteiger partial charge in [0, 0.05) is 13.0 Å². The average molecular weight is 650 g/mol. The van der Waals surface area contributed by atoms with Crippen molar-refractivity contribution in [3.05, 3.63) is 0 Å². The van der Waals surface area contributed by atoms with Crippen molar-refractivity contribution >= 4 is 13.8 Å².